The highest BCUT2D eigenvalue weighted by atomic mass is 16.2. The average Bonchev–Trinajstić information content (AvgIpc) is 2.65. The van der Waals surface area contributed by atoms with Crippen LogP contribution in [0.15, 0.2) is 24.5 Å². The molecule has 2 fully saturated rings. The molecule has 2 aliphatic rings. The van der Waals surface area contributed by atoms with E-state index in [9.17, 15) is 9.59 Å². The van der Waals surface area contributed by atoms with Gasteiger partial charge in [-0.3, -0.25) is 19.5 Å². The van der Waals surface area contributed by atoms with Crippen LogP contribution in [0.3, 0.4) is 0 Å². The number of rotatable bonds is 5. The van der Waals surface area contributed by atoms with Gasteiger partial charge in [0.05, 0.1) is 6.54 Å². The van der Waals surface area contributed by atoms with E-state index in [1.165, 1.54) is 0 Å². The summed E-state index contributed by atoms with van der Waals surface area (Å²) in [5.74, 6) is 0.452. The first-order chi connectivity index (χ1) is 12.5. The second kappa shape index (κ2) is 8.16. The fourth-order valence-electron chi connectivity index (χ4n) is 4.33. The molecule has 2 amide bonds. The summed E-state index contributed by atoms with van der Waals surface area (Å²) in [5, 5.41) is 0. The molecule has 1 atom stereocenters. The van der Waals surface area contributed by atoms with E-state index in [1.807, 2.05) is 47.0 Å². The second-order valence-electron chi connectivity index (χ2n) is 7.86. The molecule has 0 radical (unpaired) electrons. The van der Waals surface area contributed by atoms with E-state index in [1.54, 1.807) is 6.20 Å². The quantitative estimate of drug-likeness (QED) is 0.805. The topological polar surface area (TPSA) is 56.8 Å². The largest absolute Gasteiger partial charge is 0.342 e. The first-order valence-corrected chi connectivity index (χ1v) is 9.64. The first kappa shape index (κ1) is 18.8. The molecule has 0 bridgehead atoms. The van der Waals surface area contributed by atoms with Crippen molar-refractivity contribution in [3.8, 4) is 0 Å². The molecular formula is C20H30N4O2. The van der Waals surface area contributed by atoms with Gasteiger partial charge in [0.2, 0.25) is 11.8 Å². The van der Waals surface area contributed by atoms with Gasteiger partial charge < -0.3 is 9.80 Å². The summed E-state index contributed by atoms with van der Waals surface area (Å²) < 4.78 is 0. The number of aromatic nitrogens is 1. The van der Waals surface area contributed by atoms with Crippen LogP contribution in [0, 0.1) is 5.41 Å². The number of carbonyl (C=O) groups excluding carboxylic acids is 2. The van der Waals surface area contributed by atoms with Crippen molar-refractivity contribution in [3.63, 3.8) is 0 Å². The van der Waals surface area contributed by atoms with Crippen molar-refractivity contribution in [3.05, 3.63) is 30.1 Å². The van der Waals surface area contributed by atoms with E-state index in [-0.39, 0.29) is 17.2 Å². The zero-order valence-electron chi connectivity index (χ0n) is 16.0. The first-order valence-electron chi connectivity index (χ1n) is 9.64. The molecule has 26 heavy (non-hydrogen) atoms. The van der Waals surface area contributed by atoms with Crippen molar-refractivity contribution < 1.29 is 9.59 Å². The Balaban J connectivity index is 1.57. The number of amides is 2. The predicted octanol–water partition coefficient (Wildman–Crippen LogP) is 1.76. The van der Waals surface area contributed by atoms with Crippen molar-refractivity contribution in [2.24, 2.45) is 5.41 Å². The molecule has 0 aliphatic carbocycles. The lowest BCUT2D eigenvalue weighted by molar-refractivity contribution is -0.143. The molecule has 3 heterocycles. The highest BCUT2D eigenvalue weighted by Gasteiger charge is 2.42. The molecule has 0 N–H and O–H groups in total. The Kier molecular flexibility index (Phi) is 5.91. The van der Waals surface area contributed by atoms with Crippen LogP contribution in [0.25, 0.3) is 0 Å². The van der Waals surface area contributed by atoms with Gasteiger partial charge in [0.1, 0.15) is 0 Å². The molecule has 142 valence electrons. The lowest BCUT2D eigenvalue weighted by Gasteiger charge is -2.48. The van der Waals surface area contributed by atoms with Crippen LogP contribution < -0.4 is 0 Å². The maximum atomic E-state index is 12.8. The minimum Gasteiger partial charge on any atom is -0.342 e. The fourth-order valence-corrected chi connectivity index (χ4v) is 4.33. The Morgan fingerprint density at radius 1 is 1.35 bits per heavy atom. The Labute approximate surface area is 156 Å². The summed E-state index contributed by atoms with van der Waals surface area (Å²) in [6.07, 6.45) is 7.29. The standard InChI is InChI=1S/C20H30N4O2/c1-3-23-15-20(9-7-18(23)25)8-5-11-24(16-20)19(26)14-22(2)13-17-6-4-10-21-12-17/h4,6,10,12H,3,5,7-9,11,13-16H2,1-2H3/t20-/m1/s1. The van der Waals surface area contributed by atoms with Crippen LogP contribution in [-0.2, 0) is 16.1 Å². The third-order valence-corrected chi connectivity index (χ3v) is 5.72. The predicted molar refractivity (Wildman–Crippen MR) is 100 cm³/mol. The van der Waals surface area contributed by atoms with Crippen LogP contribution in [0.1, 0.15) is 38.2 Å². The minimum absolute atomic E-state index is 0.0970. The Morgan fingerprint density at radius 3 is 2.92 bits per heavy atom. The molecule has 2 aliphatic heterocycles. The maximum absolute atomic E-state index is 12.8. The lowest BCUT2D eigenvalue weighted by atomic mass is 9.73. The Bertz CT molecular complexity index is 636. The van der Waals surface area contributed by atoms with E-state index in [0.29, 0.717) is 13.0 Å². The molecule has 1 aromatic rings. The van der Waals surface area contributed by atoms with Gasteiger partial charge in [0.25, 0.3) is 0 Å². The monoisotopic (exact) mass is 358 g/mol. The van der Waals surface area contributed by atoms with Gasteiger partial charge in [-0.05, 0) is 44.9 Å². The number of likely N-dealkylation sites (tertiary alicyclic amines) is 2. The summed E-state index contributed by atoms with van der Waals surface area (Å²) in [6.45, 7) is 6.37. The molecular weight excluding hydrogens is 328 g/mol. The number of nitrogens with zero attached hydrogens (tertiary/aromatic N) is 4. The highest BCUT2D eigenvalue weighted by molar-refractivity contribution is 5.79. The molecule has 6 heteroatoms. The van der Waals surface area contributed by atoms with Gasteiger partial charge in [-0.25, -0.2) is 0 Å². The van der Waals surface area contributed by atoms with E-state index < -0.39 is 0 Å². The molecule has 3 rings (SSSR count). The smallest absolute Gasteiger partial charge is 0.236 e. The van der Waals surface area contributed by atoms with Gasteiger partial charge in [-0.2, -0.15) is 0 Å². The highest BCUT2D eigenvalue weighted by Crippen LogP contribution is 2.38. The number of pyridine rings is 1. The molecule has 6 nitrogen and oxygen atoms in total. The van der Waals surface area contributed by atoms with Gasteiger partial charge in [0, 0.05) is 57.0 Å². The Morgan fingerprint density at radius 2 is 2.19 bits per heavy atom. The van der Waals surface area contributed by atoms with E-state index >= 15 is 0 Å². The molecule has 1 spiro atoms. The van der Waals surface area contributed by atoms with Gasteiger partial charge >= 0.3 is 0 Å². The van der Waals surface area contributed by atoms with Crippen molar-refractivity contribution in [2.75, 3.05) is 39.8 Å². The van der Waals surface area contributed by atoms with Crippen LogP contribution >= 0.6 is 0 Å². The van der Waals surface area contributed by atoms with Gasteiger partial charge in [-0.15, -0.1) is 0 Å². The maximum Gasteiger partial charge on any atom is 0.236 e. The van der Waals surface area contributed by atoms with E-state index in [0.717, 1.165) is 57.5 Å². The SMILES string of the molecule is CCN1C[C@@]2(CCCN(C(=O)CN(C)Cc3cccnc3)C2)CCC1=O. The number of hydrogen-bond donors (Lipinski definition) is 0. The number of hydrogen-bond acceptors (Lipinski definition) is 4. The summed E-state index contributed by atoms with van der Waals surface area (Å²) in [5.41, 5.74) is 1.21. The average molecular weight is 358 g/mol. The van der Waals surface area contributed by atoms with E-state index in [4.69, 9.17) is 0 Å². The zero-order valence-corrected chi connectivity index (χ0v) is 16.0. The van der Waals surface area contributed by atoms with Crippen LogP contribution in [-0.4, -0.2) is 71.3 Å². The summed E-state index contributed by atoms with van der Waals surface area (Å²) in [4.78, 5) is 35.0. The fraction of sp³-hybridized carbons (Fsp3) is 0.650. The van der Waals surface area contributed by atoms with Crippen LogP contribution in [0.4, 0.5) is 0 Å². The van der Waals surface area contributed by atoms with Gasteiger partial charge in [-0.1, -0.05) is 6.07 Å². The number of piperidine rings is 2. The molecule has 0 saturated carbocycles. The Hall–Kier alpha value is -1.95. The molecule has 1 aromatic heterocycles. The third kappa shape index (κ3) is 4.41. The zero-order chi connectivity index (χ0) is 18.6. The van der Waals surface area contributed by atoms with Crippen molar-refractivity contribution in [2.45, 2.75) is 39.2 Å². The normalized spacial score (nSPS) is 23.7. The van der Waals surface area contributed by atoms with E-state index in [2.05, 4.69) is 4.98 Å². The minimum atomic E-state index is 0.0970. The summed E-state index contributed by atoms with van der Waals surface area (Å²) in [6, 6.07) is 3.95. The third-order valence-electron chi connectivity index (χ3n) is 5.72. The molecule has 0 unspecified atom stereocenters. The van der Waals surface area contributed by atoms with Crippen LogP contribution in [0.2, 0.25) is 0 Å². The van der Waals surface area contributed by atoms with Crippen LogP contribution in [0.5, 0.6) is 0 Å². The number of likely N-dealkylation sites (N-methyl/N-ethyl adjacent to an activating group) is 1. The van der Waals surface area contributed by atoms with Gasteiger partial charge in [0.15, 0.2) is 0 Å². The molecule has 2 saturated heterocycles. The van der Waals surface area contributed by atoms with Crippen molar-refractivity contribution >= 4 is 11.8 Å². The van der Waals surface area contributed by atoms with Crippen molar-refractivity contribution in [1.82, 2.24) is 19.7 Å². The summed E-state index contributed by atoms with van der Waals surface area (Å²) >= 11 is 0. The second-order valence-corrected chi connectivity index (χ2v) is 7.86. The van der Waals surface area contributed by atoms with Crippen molar-refractivity contribution in [1.29, 1.82) is 0 Å². The number of carbonyl (C=O) groups is 2. The molecule has 0 aromatic carbocycles. The lowest BCUT2D eigenvalue weighted by Crippen LogP contribution is -2.55. The summed E-state index contributed by atoms with van der Waals surface area (Å²) in [7, 11) is 1.97.